The minimum Gasteiger partial charge on any atom is -0.493 e. The second-order valence-electron chi connectivity index (χ2n) is 7.35. The average molecular weight is 446 g/mol. The minimum absolute atomic E-state index is 0.0230. The minimum atomic E-state index is -4.31. The van der Waals surface area contributed by atoms with Crippen LogP contribution in [-0.2, 0) is 4.79 Å². The molecule has 6 nitrogen and oxygen atoms in total. The number of pyridine rings is 1. The summed E-state index contributed by atoms with van der Waals surface area (Å²) in [5.74, 6) is -2.20. The SMILES string of the molecule is O=C(O)CCNC(=O)c1ccc([C@H](CCC(F)(F)F)c2ccc3nc(O)ccc3c2)cc1. The van der Waals surface area contributed by atoms with Gasteiger partial charge >= 0.3 is 12.1 Å². The predicted molar refractivity (Wildman–Crippen MR) is 112 cm³/mol. The van der Waals surface area contributed by atoms with E-state index in [1.807, 2.05) is 0 Å². The lowest BCUT2D eigenvalue weighted by Crippen LogP contribution is -2.25. The molecule has 0 fully saturated rings. The third-order valence-corrected chi connectivity index (χ3v) is 5.02. The molecule has 0 saturated heterocycles. The number of nitrogens with zero attached hydrogens (tertiary/aromatic N) is 1. The number of benzene rings is 2. The van der Waals surface area contributed by atoms with E-state index >= 15 is 0 Å². The van der Waals surface area contributed by atoms with E-state index in [0.29, 0.717) is 22.0 Å². The van der Waals surface area contributed by atoms with Crippen molar-refractivity contribution in [2.24, 2.45) is 0 Å². The van der Waals surface area contributed by atoms with Crippen molar-refractivity contribution in [1.82, 2.24) is 10.3 Å². The maximum atomic E-state index is 13.0. The van der Waals surface area contributed by atoms with E-state index in [1.165, 1.54) is 18.2 Å². The fraction of sp³-hybridized carbons (Fsp3) is 0.261. The zero-order chi connectivity index (χ0) is 23.3. The first-order chi connectivity index (χ1) is 15.1. The van der Waals surface area contributed by atoms with E-state index in [-0.39, 0.29) is 30.8 Å². The molecule has 2 aromatic carbocycles. The molecule has 168 valence electrons. The fourth-order valence-electron chi connectivity index (χ4n) is 3.44. The molecule has 0 aliphatic carbocycles. The number of carbonyl (C=O) groups excluding carboxylic acids is 1. The van der Waals surface area contributed by atoms with Crippen LogP contribution in [0, 0.1) is 0 Å². The van der Waals surface area contributed by atoms with Crippen LogP contribution in [0.3, 0.4) is 0 Å². The first-order valence-corrected chi connectivity index (χ1v) is 9.89. The van der Waals surface area contributed by atoms with Crippen LogP contribution in [-0.4, -0.2) is 39.8 Å². The summed E-state index contributed by atoms with van der Waals surface area (Å²) in [6, 6.07) is 14.4. The van der Waals surface area contributed by atoms with Gasteiger partial charge in [-0.2, -0.15) is 13.2 Å². The zero-order valence-corrected chi connectivity index (χ0v) is 16.9. The summed E-state index contributed by atoms with van der Waals surface area (Å²) in [7, 11) is 0. The van der Waals surface area contributed by atoms with Crippen LogP contribution in [0.25, 0.3) is 10.9 Å². The van der Waals surface area contributed by atoms with Gasteiger partial charge in [0.2, 0.25) is 5.88 Å². The van der Waals surface area contributed by atoms with Crippen LogP contribution in [0.4, 0.5) is 13.2 Å². The molecule has 3 rings (SSSR count). The Balaban J connectivity index is 1.86. The molecule has 32 heavy (non-hydrogen) atoms. The molecule has 0 aliphatic heterocycles. The Morgan fingerprint density at radius 3 is 2.34 bits per heavy atom. The summed E-state index contributed by atoms with van der Waals surface area (Å²) >= 11 is 0. The van der Waals surface area contributed by atoms with E-state index in [0.717, 1.165) is 0 Å². The molecule has 0 spiro atoms. The van der Waals surface area contributed by atoms with Gasteiger partial charge in [-0.05, 0) is 47.9 Å². The Morgan fingerprint density at radius 2 is 1.69 bits per heavy atom. The number of carbonyl (C=O) groups is 2. The second-order valence-corrected chi connectivity index (χ2v) is 7.35. The number of fused-ring (bicyclic) bond motifs is 1. The molecule has 1 heterocycles. The Kier molecular flexibility index (Phi) is 6.97. The predicted octanol–water partition coefficient (Wildman–Crippen LogP) is 4.62. The number of alkyl halides is 3. The number of amides is 1. The summed E-state index contributed by atoms with van der Waals surface area (Å²) in [5.41, 5.74) is 2.08. The number of aromatic nitrogens is 1. The van der Waals surface area contributed by atoms with Crippen LogP contribution >= 0.6 is 0 Å². The van der Waals surface area contributed by atoms with Crippen LogP contribution in [0.5, 0.6) is 5.88 Å². The van der Waals surface area contributed by atoms with Gasteiger partial charge in [0, 0.05) is 35.9 Å². The molecule has 0 radical (unpaired) electrons. The van der Waals surface area contributed by atoms with Gasteiger partial charge in [-0.25, -0.2) is 4.98 Å². The van der Waals surface area contributed by atoms with Crippen molar-refractivity contribution in [1.29, 1.82) is 0 Å². The van der Waals surface area contributed by atoms with E-state index in [1.54, 1.807) is 36.4 Å². The highest BCUT2D eigenvalue weighted by atomic mass is 19.4. The van der Waals surface area contributed by atoms with Crippen molar-refractivity contribution < 1.29 is 33.0 Å². The summed E-state index contributed by atoms with van der Waals surface area (Å²) < 4.78 is 38.9. The Bertz CT molecular complexity index is 1110. The lowest BCUT2D eigenvalue weighted by atomic mass is 9.86. The van der Waals surface area contributed by atoms with Crippen molar-refractivity contribution in [3.8, 4) is 5.88 Å². The average Bonchev–Trinajstić information content (AvgIpc) is 2.73. The largest absolute Gasteiger partial charge is 0.493 e. The summed E-state index contributed by atoms with van der Waals surface area (Å²) in [5, 5.41) is 21.3. The number of hydrogen-bond acceptors (Lipinski definition) is 4. The fourth-order valence-corrected chi connectivity index (χ4v) is 3.44. The highest BCUT2D eigenvalue weighted by Gasteiger charge is 2.29. The maximum Gasteiger partial charge on any atom is 0.389 e. The van der Waals surface area contributed by atoms with Crippen molar-refractivity contribution >= 4 is 22.8 Å². The van der Waals surface area contributed by atoms with E-state index < -0.39 is 30.4 Å². The van der Waals surface area contributed by atoms with Gasteiger partial charge in [0.15, 0.2) is 0 Å². The van der Waals surface area contributed by atoms with Crippen molar-refractivity contribution in [3.05, 3.63) is 71.3 Å². The van der Waals surface area contributed by atoms with Crippen molar-refractivity contribution in [2.75, 3.05) is 6.54 Å². The highest BCUT2D eigenvalue weighted by Crippen LogP contribution is 2.35. The number of aliphatic carboxylic acids is 1. The third kappa shape index (κ3) is 6.19. The Labute approximate surface area is 181 Å². The molecule has 0 bridgehead atoms. The zero-order valence-electron chi connectivity index (χ0n) is 16.9. The smallest absolute Gasteiger partial charge is 0.389 e. The number of carboxylic acids is 1. The van der Waals surface area contributed by atoms with E-state index in [4.69, 9.17) is 5.11 Å². The standard InChI is InChI=1S/C23H21F3N2O4/c24-23(25,26)11-9-18(16-5-7-19-17(13-16)6-8-20(29)28-19)14-1-3-15(4-2-14)22(32)27-12-10-21(30)31/h1-8,13,18H,9-12H2,(H,27,32)(H,28,29)(H,30,31)/t18-/m0/s1. The number of aromatic hydroxyl groups is 1. The molecule has 3 N–H and O–H groups in total. The molecule has 0 aliphatic rings. The quantitative estimate of drug-likeness (QED) is 0.469. The Morgan fingerprint density at radius 1 is 1.00 bits per heavy atom. The lowest BCUT2D eigenvalue weighted by molar-refractivity contribution is -0.137. The molecule has 3 aromatic rings. The van der Waals surface area contributed by atoms with Gasteiger partial charge in [0.1, 0.15) is 0 Å². The van der Waals surface area contributed by atoms with E-state index in [2.05, 4.69) is 10.3 Å². The number of hydrogen-bond donors (Lipinski definition) is 3. The normalized spacial score (nSPS) is 12.5. The van der Waals surface area contributed by atoms with Crippen molar-refractivity contribution in [2.45, 2.75) is 31.4 Å². The molecule has 0 unspecified atom stereocenters. The number of nitrogens with one attached hydrogen (secondary N) is 1. The lowest BCUT2D eigenvalue weighted by Gasteiger charge is -2.20. The van der Waals surface area contributed by atoms with Gasteiger partial charge in [0.25, 0.3) is 5.91 Å². The molecular weight excluding hydrogens is 425 g/mol. The van der Waals surface area contributed by atoms with Crippen LogP contribution in [0.1, 0.15) is 46.7 Å². The van der Waals surface area contributed by atoms with E-state index in [9.17, 15) is 27.9 Å². The van der Waals surface area contributed by atoms with Gasteiger partial charge in [-0.15, -0.1) is 0 Å². The number of rotatable bonds is 8. The molecule has 1 atom stereocenters. The first-order valence-electron chi connectivity index (χ1n) is 9.89. The van der Waals surface area contributed by atoms with Gasteiger partial charge in [-0.1, -0.05) is 18.2 Å². The van der Waals surface area contributed by atoms with Gasteiger partial charge < -0.3 is 15.5 Å². The number of carboxylic acid groups (broad SMARTS) is 1. The van der Waals surface area contributed by atoms with Crippen LogP contribution in [0.2, 0.25) is 0 Å². The number of halogens is 3. The molecular formula is C23H21F3N2O4. The third-order valence-electron chi connectivity index (χ3n) is 5.02. The van der Waals surface area contributed by atoms with Crippen molar-refractivity contribution in [3.63, 3.8) is 0 Å². The second kappa shape index (κ2) is 9.67. The van der Waals surface area contributed by atoms with Crippen LogP contribution < -0.4 is 5.32 Å². The van der Waals surface area contributed by atoms with Gasteiger partial charge in [-0.3, -0.25) is 9.59 Å². The highest BCUT2D eigenvalue weighted by molar-refractivity contribution is 5.94. The summed E-state index contributed by atoms with van der Waals surface area (Å²) in [6.07, 6.45) is -5.67. The summed E-state index contributed by atoms with van der Waals surface area (Å²) in [6.45, 7) is -0.0230. The summed E-state index contributed by atoms with van der Waals surface area (Å²) in [4.78, 5) is 26.7. The Hall–Kier alpha value is -3.62. The van der Waals surface area contributed by atoms with Crippen LogP contribution in [0.15, 0.2) is 54.6 Å². The maximum absolute atomic E-state index is 13.0. The monoisotopic (exact) mass is 446 g/mol. The molecule has 0 saturated carbocycles. The topological polar surface area (TPSA) is 99.5 Å². The first kappa shape index (κ1) is 23.1. The van der Waals surface area contributed by atoms with Gasteiger partial charge in [0.05, 0.1) is 11.9 Å². The molecule has 1 amide bonds. The molecule has 1 aromatic heterocycles. The molecule has 9 heteroatoms.